The molecule has 0 unspecified atom stereocenters. The second-order valence-corrected chi connectivity index (χ2v) is 11.0. The molecule has 2 heteroatoms. The van der Waals surface area contributed by atoms with E-state index >= 15 is 0 Å². The predicted molar refractivity (Wildman–Crippen MR) is 60.6 cm³/mol. The van der Waals surface area contributed by atoms with Crippen molar-refractivity contribution in [3.05, 3.63) is 12.7 Å². The smallest absolute Gasteiger partial charge is 0.0483 e. The van der Waals surface area contributed by atoms with E-state index in [1.165, 1.54) is 0 Å². The summed E-state index contributed by atoms with van der Waals surface area (Å²) < 4.78 is 0. The Labute approximate surface area is 82.9 Å². The highest BCUT2D eigenvalue weighted by molar-refractivity contribution is 6.78. The molecule has 1 aliphatic rings. The van der Waals surface area contributed by atoms with Gasteiger partial charge in [0.1, 0.15) is 0 Å². The van der Waals surface area contributed by atoms with Crippen LogP contribution in [-0.2, 0) is 0 Å². The SMILES string of the molecule is C=CC[C@@]1(C)[C@@H](CO)[C@@H]1[Si](C)(C)C. The molecule has 0 spiro atoms. The van der Waals surface area contributed by atoms with Gasteiger partial charge in [-0.05, 0) is 23.3 Å². The van der Waals surface area contributed by atoms with Gasteiger partial charge in [-0.15, -0.1) is 6.58 Å². The maximum Gasteiger partial charge on any atom is 0.0483 e. The zero-order valence-electron chi connectivity index (χ0n) is 9.30. The Morgan fingerprint density at radius 1 is 1.46 bits per heavy atom. The lowest BCUT2D eigenvalue weighted by atomic mass is 10.0. The fourth-order valence-electron chi connectivity index (χ4n) is 3.16. The number of allylic oxidation sites excluding steroid dienone is 1. The van der Waals surface area contributed by atoms with Gasteiger partial charge in [0.05, 0.1) is 0 Å². The standard InChI is InChI=1S/C11H22OSi/c1-6-7-11(2)9(8-12)10(11)13(3,4)5/h6,9-10,12H,1,7-8H2,2-5H3/t9-,10-,11-/m0/s1. The van der Waals surface area contributed by atoms with E-state index in [1.54, 1.807) is 0 Å². The Bertz CT molecular complexity index is 207. The van der Waals surface area contributed by atoms with Crippen LogP contribution in [0.25, 0.3) is 0 Å². The summed E-state index contributed by atoms with van der Waals surface area (Å²) in [6.45, 7) is 13.7. The Morgan fingerprint density at radius 2 is 2.00 bits per heavy atom. The molecular weight excluding hydrogens is 176 g/mol. The van der Waals surface area contributed by atoms with Crippen LogP contribution in [0.2, 0.25) is 25.2 Å². The molecule has 1 saturated carbocycles. The number of aliphatic hydroxyl groups is 1. The summed E-state index contributed by atoms with van der Waals surface area (Å²) in [7, 11) is -1.09. The highest BCUT2D eigenvalue weighted by Crippen LogP contribution is 2.69. The van der Waals surface area contributed by atoms with Crippen LogP contribution in [0.1, 0.15) is 13.3 Å². The summed E-state index contributed by atoms with van der Waals surface area (Å²) in [5, 5.41) is 9.29. The number of rotatable bonds is 4. The summed E-state index contributed by atoms with van der Waals surface area (Å²) in [4.78, 5) is 0. The zero-order chi connectivity index (χ0) is 10.3. The molecule has 0 aromatic carbocycles. The van der Waals surface area contributed by atoms with E-state index in [9.17, 15) is 5.11 Å². The van der Waals surface area contributed by atoms with Crippen LogP contribution in [-0.4, -0.2) is 19.8 Å². The normalized spacial score (nSPS) is 38.8. The second kappa shape index (κ2) is 3.25. The monoisotopic (exact) mass is 198 g/mol. The topological polar surface area (TPSA) is 20.2 Å². The average Bonchev–Trinajstić information content (AvgIpc) is 2.55. The molecular formula is C11H22OSi. The van der Waals surface area contributed by atoms with Gasteiger partial charge < -0.3 is 5.11 Å². The van der Waals surface area contributed by atoms with E-state index in [4.69, 9.17) is 0 Å². The van der Waals surface area contributed by atoms with Crippen molar-refractivity contribution in [2.45, 2.75) is 38.5 Å². The first-order valence-corrected chi connectivity index (χ1v) is 8.67. The van der Waals surface area contributed by atoms with Crippen LogP contribution in [0, 0.1) is 11.3 Å². The average molecular weight is 198 g/mol. The lowest BCUT2D eigenvalue weighted by Crippen LogP contribution is -2.23. The van der Waals surface area contributed by atoms with Gasteiger partial charge in [0.15, 0.2) is 0 Å². The molecule has 0 saturated heterocycles. The minimum absolute atomic E-state index is 0.360. The van der Waals surface area contributed by atoms with Crippen LogP contribution in [0.15, 0.2) is 12.7 Å². The first-order valence-electron chi connectivity index (χ1n) is 5.09. The summed E-state index contributed by atoms with van der Waals surface area (Å²) in [6, 6.07) is 0. The molecule has 1 N–H and O–H groups in total. The summed E-state index contributed by atoms with van der Waals surface area (Å²) in [6.07, 6.45) is 3.07. The number of hydrogen-bond donors (Lipinski definition) is 1. The molecule has 1 rings (SSSR count). The first kappa shape index (κ1) is 11.0. The molecule has 76 valence electrons. The summed E-state index contributed by atoms with van der Waals surface area (Å²) in [5.41, 5.74) is 1.14. The van der Waals surface area contributed by atoms with Crippen molar-refractivity contribution < 1.29 is 5.11 Å². The van der Waals surface area contributed by atoms with E-state index in [0.717, 1.165) is 12.0 Å². The van der Waals surface area contributed by atoms with Crippen LogP contribution >= 0.6 is 0 Å². The van der Waals surface area contributed by atoms with Crippen molar-refractivity contribution in [3.8, 4) is 0 Å². The molecule has 0 amide bonds. The Morgan fingerprint density at radius 3 is 2.23 bits per heavy atom. The van der Waals surface area contributed by atoms with Crippen LogP contribution in [0.4, 0.5) is 0 Å². The zero-order valence-corrected chi connectivity index (χ0v) is 10.3. The molecule has 1 nitrogen and oxygen atoms in total. The van der Waals surface area contributed by atoms with E-state index in [0.29, 0.717) is 17.9 Å². The quantitative estimate of drug-likeness (QED) is 0.544. The van der Waals surface area contributed by atoms with Gasteiger partial charge in [-0.2, -0.15) is 0 Å². The molecule has 13 heavy (non-hydrogen) atoms. The number of aliphatic hydroxyl groups excluding tert-OH is 1. The third-order valence-electron chi connectivity index (χ3n) is 3.56. The largest absolute Gasteiger partial charge is 0.396 e. The molecule has 0 bridgehead atoms. The Hall–Kier alpha value is -0.0831. The second-order valence-electron chi connectivity index (χ2n) is 5.63. The highest BCUT2D eigenvalue weighted by Gasteiger charge is 2.63. The third-order valence-corrected chi connectivity index (χ3v) is 6.49. The maximum absolute atomic E-state index is 9.29. The number of hydrogen-bond acceptors (Lipinski definition) is 1. The van der Waals surface area contributed by atoms with Gasteiger partial charge in [0.2, 0.25) is 0 Å². The molecule has 3 atom stereocenters. The molecule has 1 fully saturated rings. The van der Waals surface area contributed by atoms with Crippen molar-refractivity contribution in [2.75, 3.05) is 6.61 Å². The van der Waals surface area contributed by atoms with Gasteiger partial charge in [0.25, 0.3) is 0 Å². The van der Waals surface area contributed by atoms with Crippen molar-refractivity contribution in [1.82, 2.24) is 0 Å². The summed E-state index contributed by atoms with van der Waals surface area (Å²) >= 11 is 0. The maximum atomic E-state index is 9.29. The Balaban J connectivity index is 2.74. The predicted octanol–water partition coefficient (Wildman–Crippen LogP) is 2.90. The fraction of sp³-hybridized carbons (Fsp3) is 0.818. The highest BCUT2D eigenvalue weighted by atomic mass is 28.3. The third kappa shape index (κ3) is 1.74. The minimum Gasteiger partial charge on any atom is -0.396 e. The molecule has 0 aromatic rings. The van der Waals surface area contributed by atoms with Crippen molar-refractivity contribution >= 4 is 8.07 Å². The molecule has 0 radical (unpaired) electrons. The molecule has 0 aromatic heterocycles. The van der Waals surface area contributed by atoms with Gasteiger partial charge in [-0.25, -0.2) is 0 Å². The minimum atomic E-state index is -1.09. The lowest BCUT2D eigenvalue weighted by molar-refractivity contribution is 0.253. The van der Waals surface area contributed by atoms with E-state index in [2.05, 4.69) is 33.1 Å². The van der Waals surface area contributed by atoms with E-state index in [-0.39, 0.29) is 0 Å². The molecule has 1 aliphatic carbocycles. The Kier molecular flexibility index (Phi) is 2.75. The van der Waals surface area contributed by atoms with Gasteiger partial charge >= 0.3 is 0 Å². The molecule has 0 heterocycles. The van der Waals surface area contributed by atoms with Crippen LogP contribution < -0.4 is 0 Å². The van der Waals surface area contributed by atoms with Crippen molar-refractivity contribution in [1.29, 1.82) is 0 Å². The van der Waals surface area contributed by atoms with Crippen molar-refractivity contribution in [3.63, 3.8) is 0 Å². The van der Waals surface area contributed by atoms with Gasteiger partial charge in [0, 0.05) is 14.7 Å². The van der Waals surface area contributed by atoms with Crippen LogP contribution in [0.5, 0.6) is 0 Å². The first-order chi connectivity index (χ1) is 5.88. The van der Waals surface area contributed by atoms with E-state index < -0.39 is 8.07 Å². The lowest BCUT2D eigenvalue weighted by Gasteiger charge is -2.19. The van der Waals surface area contributed by atoms with Crippen LogP contribution in [0.3, 0.4) is 0 Å². The van der Waals surface area contributed by atoms with E-state index in [1.807, 2.05) is 6.08 Å². The van der Waals surface area contributed by atoms with Gasteiger partial charge in [-0.1, -0.05) is 32.6 Å². The van der Waals surface area contributed by atoms with Gasteiger partial charge in [-0.3, -0.25) is 0 Å². The van der Waals surface area contributed by atoms with Crippen molar-refractivity contribution in [2.24, 2.45) is 11.3 Å². The molecule has 0 aliphatic heterocycles. The summed E-state index contributed by atoms with van der Waals surface area (Å²) in [5.74, 6) is 0.539. The fourth-order valence-corrected chi connectivity index (χ4v) is 7.06.